The number of carbonyl (C=O) groups excluding carboxylic acids is 2. The van der Waals surface area contributed by atoms with Gasteiger partial charge in [-0.05, 0) is 50.1 Å². The van der Waals surface area contributed by atoms with Gasteiger partial charge in [0.2, 0.25) is 11.8 Å². The van der Waals surface area contributed by atoms with Gasteiger partial charge in [0.05, 0.1) is 21.3 Å². The maximum absolute atomic E-state index is 12.5. The summed E-state index contributed by atoms with van der Waals surface area (Å²) in [5.74, 6) is -0.274. The van der Waals surface area contributed by atoms with Crippen LogP contribution in [0.5, 0.6) is 0 Å². The number of rotatable bonds is 8. The topological polar surface area (TPSA) is 74.3 Å². The summed E-state index contributed by atoms with van der Waals surface area (Å²) in [5, 5.41) is 8.58. The lowest BCUT2D eigenvalue weighted by molar-refractivity contribution is -0.121. The minimum atomic E-state index is -0.279. The summed E-state index contributed by atoms with van der Waals surface area (Å²) in [7, 11) is 0. The highest BCUT2D eigenvalue weighted by Crippen LogP contribution is 2.33. The molecule has 2 amide bonds. The Morgan fingerprint density at radius 2 is 2.00 bits per heavy atom. The number of hydrogen-bond donors (Lipinski definition) is 2. The third-order valence-electron chi connectivity index (χ3n) is 5.18. The van der Waals surface area contributed by atoms with Gasteiger partial charge in [0.25, 0.3) is 0 Å². The van der Waals surface area contributed by atoms with Crippen LogP contribution in [-0.4, -0.2) is 35.9 Å². The van der Waals surface area contributed by atoms with Crippen LogP contribution in [0.2, 0.25) is 4.34 Å². The first kappa shape index (κ1) is 22.8. The maximum atomic E-state index is 12.5. The van der Waals surface area contributed by atoms with Crippen molar-refractivity contribution in [2.24, 2.45) is 0 Å². The maximum Gasteiger partial charge on any atom is 0.226 e. The molecule has 1 aromatic carbocycles. The fourth-order valence-electron chi connectivity index (χ4n) is 3.72. The van der Waals surface area contributed by atoms with Gasteiger partial charge in [0, 0.05) is 42.3 Å². The lowest BCUT2D eigenvalue weighted by Crippen LogP contribution is -2.36. The largest absolute Gasteiger partial charge is 0.371 e. The molecule has 0 aliphatic carbocycles. The Morgan fingerprint density at radius 1 is 1.19 bits per heavy atom. The molecule has 2 N–H and O–H groups in total. The van der Waals surface area contributed by atoms with E-state index in [0.717, 1.165) is 34.3 Å². The average molecular weight is 489 g/mol. The summed E-state index contributed by atoms with van der Waals surface area (Å²) in [5.41, 5.74) is 2.62. The number of nitrogens with one attached hydrogen (secondary N) is 2. The zero-order valence-electron chi connectivity index (χ0n) is 17.8. The van der Waals surface area contributed by atoms with E-state index < -0.39 is 0 Å². The highest BCUT2D eigenvalue weighted by molar-refractivity contribution is 7.23. The quantitative estimate of drug-likeness (QED) is 0.457. The molecule has 3 aromatic rings. The molecular weight excluding hydrogens is 464 g/mol. The number of thiazole rings is 1. The van der Waals surface area contributed by atoms with Crippen molar-refractivity contribution in [3.05, 3.63) is 51.8 Å². The summed E-state index contributed by atoms with van der Waals surface area (Å²) in [6, 6.07) is 11.4. The number of benzene rings is 1. The minimum Gasteiger partial charge on any atom is -0.371 e. The predicted molar refractivity (Wildman–Crippen MR) is 133 cm³/mol. The van der Waals surface area contributed by atoms with E-state index in [-0.39, 0.29) is 30.7 Å². The third kappa shape index (κ3) is 6.09. The second-order valence-corrected chi connectivity index (χ2v) is 10.5. The average Bonchev–Trinajstić information content (AvgIpc) is 3.49. The third-order valence-corrected chi connectivity index (χ3v) is 7.47. The number of aromatic nitrogens is 1. The molecule has 0 bridgehead atoms. The first-order valence-corrected chi connectivity index (χ1v) is 12.7. The summed E-state index contributed by atoms with van der Waals surface area (Å²) in [6.45, 7) is 3.95. The van der Waals surface area contributed by atoms with Gasteiger partial charge in [-0.15, -0.1) is 22.7 Å². The summed E-state index contributed by atoms with van der Waals surface area (Å²) in [6.07, 6.45) is 2.80. The lowest BCUT2D eigenvalue weighted by atomic mass is 10.2. The summed E-state index contributed by atoms with van der Waals surface area (Å²) < 4.78 is 0.712. The van der Waals surface area contributed by atoms with Gasteiger partial charge >= 0.3 is 0 Å². The number of hydrogen-bond acceptors (Lipinski definition) is 6. The molecule has 1 atom stereocenters. The van der Waals surface area contributed by atoms with E-state index in [2.05, 4.69) is 26.6 Å². The predicted octanol–water partition coefficient (Wildman–Crippen LogP) is 5.20. The Kier molecular flexibility index (Phi) is 7.44. The van der Waals surface area contributed by atoms with E-state index in [1.807, 2.05) is 42.6 Å². The summed E-state index contributed by atoms with van der Waals surface area (Å²) >= 11 is 8.94. The molecular formula is C23H25ClN4O2S2. The normalized spacial score (nSPS) is 14.4. The van der Waals surface area contributed by atoms with Crippen molar-refractivity contribution in [3.63, 3.8) is 0 Å². The molecule has 6 nitrogen and oxygen atoms in total. The molecule has 1 saturated heterocycles. The summed E-state index contributed by atoms with van der Waals surface area (Å²) in [4.78, 5) is 32.7. The molecule has 0 saturated carbocycles. The number of anilines is 2. The van der Waals surface area contributed by atoms with E-state index in [9.17, 15) is 9.59 Å². The van der Waals surface area contributed by atoms with Crippen molar-refractivity contribution < 1.29 is 9.59 Å². The molecule has 3 heterocycles. The van der Waals surface area contributed by atoms with Crippen LogP contribution in [0, 0.1) is 0 Å². The van der Waals surface area contributed by atoms with Crippen LogP contribution >= 0.6 is 34.3 Å². The number of nitrogens with zero attached hydrogens (tertiary/aromatic N) is 2. The molecule has 1 fully saturated rings. The highest BCUT2D eigenvalue weighted by Gasteiger charge is 2.16. The van der Waals surface area contributed by atoms with E-state index in [1.165, 1.54) is 35.5 Å². The van der Waals surface area contributed by atoms with Crippen LogP contribution < -0.4 is 15.5 Å². The van der Waals surface area contributed by atoms with Crippen LogP contribution in [0.15, 0.2) is 41.8 Å². The van der Waals surface area contributed by atoms with Gasteiger partial charge in [-0.25, -0.2) is 4.98 Å². The zero-order valence-corrected chi connectivity index (χ0v) is 20.2. The number of thiophene rings is 1. The Morgan fingerprint density at radius 3 is 2.75 bits per heavy atom. The van der Waals surface area contributed by atoms with Gasteiger partial charge in [-0.1, -0.05) is 17.7 Å². The van der Waals surface area contributed by atoms with Gasteiger partial charge in [-0.3, -0.25) is 9.59 Å². The molecule has 0 spiro atoms. The number of carbonyl (C=O) groups is 2. The standard InChI is InChI=1S/C23H25ClN4O2S2/c1-15(11-21(29)26-16-5-4-6-18(12-16)28-9-2-3-10-28)25-22(30)13-17-14-31-23(27-17)19-7-8-20(24)32-19/h4-8,12,14-15H,2-3,9-11,13H2,1H3,(H,25,30)(H,26,29). The monoisotopic (exact) mass is 488 g/mol. The first-order chi connectivity index (χ1) is 15.5. The van der Waals surface area contributed by atoms with Gasteiger partial charge in [-0.2, -0.15) is 0 Å². The van der Waals surface area contributed by atoms with Crippen LogP contribution in [0.3, 0.4) is 0 Å². The first-order valence-electron chi connectivity index (χ1n) is 10.6. The fraction of sp³-hybridized carbons (Fsp3) is 0.348. The molecule has 1 aliphatic heterocycles. The van der Waals surface area contributed by atoms with Crippen molar-refractivity contribution in [3.8, 4) is 9.88 Å². The van der Waals surface area contributed by atoms with Gasteiger partial charge < -0.3 is 15.5 Å². The molecule has 168 valence electrons. The van der Waals surface area contributed by atoms with E-state index >= 15 is 0 Å². The lowest BCUT2D eigenvalue weighted by Gasteiger charge is -2.19. The Bertz CT molecular complexity index is 1090. The van der Waals surface area contributed by atoms with Crippen molar-refractivity contribution in [1.82, 2.24) is 10.3 Å². The minimum absolute atomic E-state index is 0.123. The van der Waals surface area contributed by atoms with Crippen molar-refractivity contribution in [2.45, 2.75) is 38.6 Å². The second-order valence-electron chi connectivity index (χ2n) is 7.89. The Labute approximate surface area is 200 Å². The van der Waals surface area contributed by atoms with Crippen LogP contribution in [-0.2, 0) is 16.0 Å². The van der Waals surface area contributed by atoms with Crippen LogP contribution in [0.25, 0.3) is 9.88 Å². The van der Waals surface area contributed by atoms with Crippen molar-refractivity contribution in [1.29, 1.82) is 0 Å². The van der Waals surface area contributed by atoms with E-state index in [4.69, 9.17) is 11.6 Å². The smallest absolute Gasteiger partial charge is 0.226 e. The van der Waals surface area contributed by atoms with Crippen LogP contribution in [0.4, 0.5) is 11.4 Å². The van der Waals surface area contributed by atoms with Gasteiger partial charge in [0.15, 0.2) is 0 Å². The molecule has 2 aromatic heterocycles. The van der Waals surface area contributed by atoms with E-state index in [0.29, 0.717) is 10.0 Å². The highest BCUT2D eigenvalue weighted by atomic mass is 35.5. The van der Waals surface area contributed by atoms with Gasteiger partial charge in [0.1, 0.15) is 5.01 Å². The Hall–Kier alpha value is -2.42. The SMILES string of the molecule is CC(CC(=O)Nc1cccc(N2CCCC2)c1)NC(=O)Cc1csc(-c2ccc(Cl)s2)n1. The molecule has 1 unspecified atom stereocenters. The fourth-order valence-corrected chi connectivity index (χ4v) is 5.65. The molecule has 32 heavy (non-hydrogen) atoms. The molecule has 4 rings (SSSR count). The molecule has 9 heteroatoms. The number of halogens is 1. The van der Waals surface area contributed by atoms with Crippen LogP contribution in [0.1, 0.15) is 31.9 Å². The van der Waals surface area contributed by atoms with E-state index in [1.54, 1.807) is 0 Å². The van der Waals surface area contributed by atoms with Crippen molar-refractivity contribution in [2.75, 3.05) is 23.3 Å². The molecule has 0 radical (unpaired) electrons. The number of amides is 2. The molecule has 1 aliphatic rings. The van der Waals surface area contributed by atoms with Crippen molar-refractivity contribution >= 4 is 57.5 Å². The zero-order chi connectivity index (χ0) is 22.5. The second kappa shape index (κ2) is 10.5. The Balaban J connectivity index is 1.25.